The van der Waals surface area contributed by atoms with Crippen molar-refractivity contribution in [2.75, 3.05) is 10.2 Å². The first kappa shape index (κ1) is 25.2. The molecule has 1 aliphatic rings. The Hall–Kier alpha value is -2.95. The molecule has 1 saturated heterocycles. The molecule has 1 fully saturated rings. The van der Waals surface area contributed by atoms with Crippen molar-refractivity contribution in [3.8, 4) is 6.07 Å². The predicted octanol–water partition coefficient (Wildman–Crippen LogP) is 7.02. The van der Waals surface area contributed by atoms with Gasteiger partial charge < -0.3 is 5.32 Å². The van der Waals surface area contributed by atoms with E-state index in [1.54, 1.807) is 54.6 Å². The van der Waals surface area contributed by atoms with Crippen LogP contribution in [-0.4, -0.2) is 17.1 Å². The number of benzene rings is 3. The van der Waals surface area contributed by atoms with Crippen molar-refractivity contribution in [1.29, 1.82) is 5.26 Å². The van der Waals surface area contributed by atoms with Gasteiger partial charge in [-0.3, -0.25) is 14.5 Å². The van der Waals surface area contributed by atoms with E-state index < -0.39 is 11.2 Å². The van der Waals surface area contributed by atoms with Crippen LogP contribution in [-0.2, 0) is 16.0 Å². The highest BCUT2D eigenvalue weighted by molar-refractivity contribution is 8.05. The average Bonchev–Trinajstić information content (AvgIpc) is 3.14. The second kappa shape index (κ2) is 10.8. The van der Waals surface area contributed by atoms with E-state index in [9.17, 15) is 14.9 Å². The Labute approximate surface area is 222 Å². The largest absolute Gasteiger partial charge is 0.321 e. The van der Waals surface area contributed by atoms with Gasteiger partial charge in [-0.05, 0) is 67.4 Å². The van der Waals surface area contributed by atoms with Gasteiger partial charge in [0.15, 0.2) is 0 Å². The van der Waals surface area contributed by atoms with Gasteiger partial charge in [0.1, 0.15) is 16.7 Å². The summed E-state index contributed by atoms with van der Waals surface area (Å²) in [6, 6.07) is 21.1. The van der Waals surface area contributed by atoms with Crippen LogP contribution in [0.4, 0.5) is 11.4 Å². The van der Waals surface area contributed by atoms with Crippen LogP contribution >= 0.6 is 46.6 Å². The second-order valence-electron chi connectivity index (χ2n) is 7.82. The van der Waals surface area contributed by atoms with Crippen LogP contribution in [0, 0.1) is 18.3 Å². The Balaban J connectivity index is 1.72. The quantitative estimate of drug-likeness (QED) is 0.278. The Morgan fingerprint density at radius 2 is 1.71 bits per heavy atom. The SMILES string of the molecule is Cc1ccc(NC(=O)/C(C#N)=C2\S[C@@H](Cc3ccc(Cl)c(Cl)c3)C(=O)N2c2ccc(Cl)cc2)cc1. The number of hydrogen-bond donors (Lipinski definition) is 1. The Kier molecular flexibility index (Phi) is 7.73. The molecule has 5 nitrogen and oxygen atoms in total. The fraction of sp³-hybridized carbons (Fsp3) is 0.115. The number of thioether (sulfide) groups is 1. The molecule has 176 valence electrons. The van der Waals surface area contributed by atoms with Gasteiger partial charge in [-0.1, -0.05) is 70.3 Å². The normalized spacial score (nSPS) is 16.7. The molecule has 0 bridgehead atoms. The zero-order chi connectivity index (χ0) is 25.1. The minimum Gasteiger partial charge on any atom is -0.321 e. The van der Waals surface area contributed by atoms with Crippen molar-refractivity contribution >= 4 is 69.8 Å². The van der Waals surface area contributed by atoms with Gasteiger partial charge in [-0.2, -0.15) is 5.26 Å². The van der Waals surface area contributed by atoms with Gasteiger partial charge in [-0.15, -0.1) is 0 Å². The van der Waals surface area contributed by atoms with Crippen molar-refractivity contribution in [2.45, 2.75) is 18.6 Å². The number of aryl methyl sites for hydroxylation is 1. The Bertz CT molecular complexity index is 1370. The smallest absolute Gasteiger partial charge is 0.269 e. The summed E-state index contributed by atoms with van der Waals surface area (Å²) in [5, 5.41) is 13.7. The molecule has 0 radical (unpaired) electrons. The maximum atomic E-state index is 13.5. The molecule has 3 aromatic rings. The number of carbonyl (C=O) groups excluding carboxylic acids is 2. The third-order valence-electron chi connectivity index (χ3n) is 5.30. The van der Waals surface area contributed by atoms with Gasteiger partial charge in [0.25, 0.3) is 5.91 Å². The molecule has 1 heterocycles. The van der Waals surface area contributed by atoms with Gasteiger partial charge in [-0.25, -0.2) is 0 Å². The third kappa shape index (κ3) is 5.66. The van der Waals surface area contributed by atoms with Crippen LogP contribution in [0.3, 0.4) is 0 Å². The molecule has 0 unspecified atom stereocenters. The van der Waals surface area contributed by atoms with Crippen molar-refractivity contribution < 1.29 is 9.59 Å². The summed E-state index contributed by atoms with van der Waals surface area (Å²) in [4.78, 5) is 28.0. The number of amides is 2. The molecule has 2 amide bonds. The molecule has 0 aromatic heterocycles. The van der Waals surface area contributed by atoms with E-state index in [1.807, 2.05) is 25.1 Å². The van der Waals surface area contributed by atoms with Gasteiger partial charge in [0.05, 0.1) is 15.3 Å². The third-order valence-corrected chi connectivity index (χ3v) is 7.56. The maximum absolute atomic E-state index is 13.5. The van der Waals surface area contributed by atoms with E-state index in [-0.39, 0.29) is 16.5 Å². The van der Waals surface area contributed by atoms with Crippen molar-refractivity contribution in [3.05, 3.63) is 104 Å². The molecule has 4 rings (SSSR count). The molecule has 3 aromatic carbocycles. The van der Waals surface area contributed by atoms with Crippen molar-refractivity contribution in [1.82, 2.24) is 0 Å². The number of carbonyl (C=O) groups is 2. The van der Waals surface area contributed by atoms with E-state index in [0.717, 1.165) is 11.1 Å². The van der Waals surface area contributed by atoms with Gasteiger partial charge in [0, 0.05) is 16.4 Å². The van der Waals surface area contributed by atoms with Crippen LogP contribution in [0.2, 0.25) is 15.1 Å². The van der Waals surface area contributed by atoms with E-state index in [0.29, 0.717) is 32.9 Å². The fourth-order valence-electron chi connectivity index (χ4n) is 3.52. The molecule has 9 heteroatoms. The number of nitrogens with zero attached hydrogens (tertiary/aromatic N) is 2. The Morgan fingerprint density at radius 3 is 2.34 bits per heavy atom. The summed E-state index contributed by atoms with van der Waals surface area (Å²) in [6.07, 6.45) is 0.340. The number of nitriles is 1. The second-order valence-corrected chi connectivity index (χ2v) is 10.3. The molecule has 1 N–H and O–H groups in total. The molecule has 1 atom stereocenters. The zero-order valence-electron chi connectivity index (χ0n) is 18.4. The summed E-state index contributed by atoms with van der Waals surface area (Å²) in [5.74, 6) is -0.852. The highest BCUT2D eigenvalue weighted by Gasteiger charge is 2.40. The number of nitrogens with one attached hydrogen (secondary N) is 1. The van der Waals surface area contributed by atoms with E-state index >= 15 is 0 Å². The van der Waals surface area contributed by atoms with E-state index in [1.165, 1.54) is 16.7 Å². The molecule has 0 saturated carbocycles. The molecule has 0 spiro atoms. The van der Waals surface area contributed by atoms with Crippen LogP contribution in [0.1, 0.15) is 11.1 Å². The van der Waals surface area contributed by atoms with Crippen LogP contribution < -0.4 is 10.2 Å². The highest BCUT2D eigenvalue weighted by atomic mass is 35.5. The fourth-order valence-corrected chi connectivity index (χ4v) is 5.28. The lowest BCUT2D eigenvalue weighted by Crippen LogP contribution is -2.30. The minimum absolute atomic E-state index is 0.157. The first-order valence-corrected chi connectivity index (χ1v) is 12.5. The first-order valence-electron chi connectivity index (χ1n) is 10.5. The maximum Gasteiger partial charge on any atom is 0.269 e. The summed E-state index contributed by atoms with van der Waals surface area (Å²) in [6.45, 7) is 1.94. The summed E-state index contributed by atoms with van der Waals surface area (Å²) < 4.78 is 0. The van der Waals surface area contributed by atoms with Crippen LogP contribution in [0.5, 0.6) is 0 Å². The van der Waals surface area contributed by atoms with Gasteiger partial charge in [0.2, 0.25) is 5.91 Å². The van der Waals surface area contributed by atoms with Crippen molar-refractivity contribution in [3.63, 3.8) is 0 Å². The lowest BCUT2D eigenvalue weighted by atomic mass is 10.1. The van der Waals surface area contributed by atoms with E-state index in [4.69, 9.17) is 34.8 Å². The molecule has 1 aliphatic heterocycles. The summed E-state index contributed by atoms with van der Waals surface area (Å²) in [7, 11) is 0. The first-order chi connectivity index (χ1) is 16.8. The summed E-state index contributed by atoms with van der Waals surface area (Å²) in [5.41, 5.74) is 2.75. The molecule has 0 aliphatic carbocycles. The average molecular weight is 543 g/mol. The molecule has 35 heavy (non-hydrogen) atoms. The number of anilines is 2. The minimum atomic E-state index is -0.596. The molecular formula is C26H18Cl3N3O2S. The molecular weight excluding hydrogens is 525 g/mol. The van der Waals surface area contributed by atoms with Gasteiger partial charge >= 0.3 is 0 Å². The summed E-state index contributed by atoms with van der Waals surface area (Å²) >= 11 is 19.4. The lowest BCUT2D eigenvalue weighted by molar-refractivity contribution is -0.117. The number of rotatable bonds is 5. The predicted molar refractivity (Wildman–Crippen MR) is 143 cm³/mol. The van der Waals surface area contributed by atoms with Crippen LogP contribution in [0.25, 0.3) is 0 Å². The number of halogens is 3. The van der Waals surface area contributed by atoms with Crippen LogP contribution in [0.15, 0.2) is 77.3 Å². The lowest BCUT2D eigenvalue weighted by Gasteiger charge is -2.19. The zero-order valence-corrected chi connectivity index (χ0v) is 21.5. The topological polar surface area (TPSA) is 73.2 Å². The van der Waals surface area contributed by atoms with E-state index in [2.05, 4.69) is 5.32 Å². The number of hydrogen-bond acceptors (Lipinski definition) is 4. The Morgan fingerprint density at radius 1 is 1.03 bits per heavy atom. The monoisotopic (exact) mass is 541 g/mol. The standard InChI is InChI=1S/C26H18Cl3N3O2S/c1-15-2-7-18(8-3-15)31-24(33)20(14-30)26-32(19-9-5-17(27)6-10-19)25(34)23(35-26)13-16-4-11-21(28)22(29)12-16/h2-12,23H,13H2,1H3,(H,31,33)/b26-20-/t23-/m0/s1. The highest BCUT2D eigenvalue weighted by Crippen LogP contribution is 2.42. The van der Waals surface area contributed by atoms with Crippen molar-refractivity contribution in [2.24, 2.45) is 0 Å².